The highest BCUT2D eigenvalue weighted by Crippen LogP contribution is 2.48. The monoisotopic (exact) mass is 726 g/mol. The van der Waals surface area contributed by atoms with Gasteiger partial charge in [-0.15, -0.1) is 0 Å². The Morgan fingerprint density at radius 3 is 1.32 bits per heavy atom. The summed E-state index contributed by atoms with van der Waals surface area (Å²) in [5.74, 6) is 0. The minimum atomic E-state index is -0.618. The molecule has 9 aromatic carbocycles. The normalized spacial score (nSPS) is 11.9. The zero-order valence-electron chi connectivity index (χ0n) is 31.3. The van der Waals surface area contributed by atoms with Crippen molar-refractivity contribution in [1.82, 2.24) is 9.13 Å². The Morgan fingerprint density at radius 2 is 0.684 bits per heavy atom. The first-order valence-corrected chi connectivity index (χ1v) is 19.7. The number of hydrogen-bond donors (Lipinski definition) is 0. The van der Waals surface area contributed by atoms with Gasteiger partial charge in [0.1, 0.15) is 0 Å². The maximum atomic E-state index is 2.47. The van der Waals surface area contributed by atoms with Crippen LogP contribution < -0.4 is 0 Å². The number of fused-ring (bicyclic) bond motifs is 6. The van der Waals surface area contributed by atoms with Crippen molar-refractivity contribution in [3.8, 4) is 22.5 Å². The number of benzene rings is 9. The summed E-state index contributed by atoms with van der Waals surface area (Å²) in [6, 6.07) is 84.4. The third-order valence-electron chi connectivity index (χ3n) is 11.9. The Morgan fingerprint density at radius 1 is 0.246 bits per heavy atom. The van der Waals surface area contributed by atoms with Gasteiger partial charge in [-0.2, -0.15) is 0 Å². The second-order valence-electron chi connectivity index (χ2n) is 14.9. The summed E-state index contributed by atoms with van der Waals surface area (Å²) in [7, 11) is 0. The van der Waals surface area contributed by atoms with E-state index in [1.54, 1.807) is 0 Å². The Bertz CT molecular complexity index is 3120. The molecular weight excluding hydrogens is 689 g/mol. The lowest BCUT2D eigenvalue weighted by atomic mass is 9.64. The summed E-state index contributed by atoms with van der Waals surface area (Å²) in [5, 5.41) is 4.94. The third kappa shape index (κ3) is 5.18. The van der Waals surface area contributed by atoms with Gasteiger partial charge in [-0.3, -0.25) is 0 Å². The Kier molecular flexibility index (Phi) is 7.75. The van der Waals surface area contributed by atoms with E-state index in [0.29, 0.717) is 0 Å². The number of hydrogen-bond acceptors (Lipinski definition) is 0. The zero-order valence-corrected chi connectivity index (χ0v) is 31.3. The molecule has 11 rings (SSSR count). The minimum Gasteiger partial charge on any atom is -0.309 e. The quantitative estimate of drug-likeness (QED) is 0.145. The van der Waals surface area contributed by atoms with Crippen LogP contribution in [-0.4, -0.2) is 9.13 Å². The molecule has 2 heterocycles. The van der Waals surface area contributed by atoms with E-state index in [2.05, 4.69) is 240 Å². The van der Waals surface area contributed by atoms with E-state index in [9.17, 15) is 0 Å². The number of aromatic nitrogens is 2. The first kappa shape index (κ1) is 33.0. The van der Waals surface area contributed by atoms with Crippen molar-refractivity contribution in [2.75, 3.05) is 0 Å². The highest BCUT2D eigenvalue weighted by molar-refractivity contribution is 6.12. The summed E-state index contributed by atoms with van der Waals surface area (Å²) in [6.07, 6.45) is 0. The van der Waals surface area contributed by atoms with E-state index in [4.69, 9.17) is 0 Å². The standard InChI is InChI=1S/C55H38N2/c1-5-18-39(19-6-1)40-20-17-25-43(36-40)55(41-21-7-2-8-22-41,42-23-9-3-10-24-42)44-32-34-53-49(37-44)50-38-46(33-35-54(50)56(53)45-26-11-4-12-27-45)57-51-30-15-13-28-47(51)48-29-14-16-31-52(48)57/h1-38H. The maximum Gasteiger partial charge on any atom is 0.0702 e. The van der Waals surface area contributed by atoms with Gasteiger partial charge in [0.05, 0.1) is 27.5 Å². The molecule has 0 bridgehead atoms. The van der Waals surface area contributed by atoms with Gasteiger partial charge in [0.15, 0.2) is 0 Å². The molecule has 0 amide bonds. The van der Waals surface area contributed by atoms with Crippen LogP contribution in [0.15, 0.2) is 231 Å². The van der Waals surface area contributed by atoms with Gasteiger partial charge in [-0.05, 0) is 94.0 Å². The maximum absolute atomic E-state index is 2.47. The Hall–Kier alpha value is -7.42. The van der Waals surface area contributed by atoms with Gasteiger partial charge < -0.3 is 9.13 Å². The fourth-order valence-corrected chi connectivity index (χ4v) is 9.38. The predicted octanol–water partition coefficient (Wildman–Crippen LogP) is 13.9. The smallest absolute Gasteiger partial charge is 0.0702 e. The van der Waals surface area contributed by atoms with E-state index in [0.717, 1.165) is 11.4 Å². The van der Waals surface area contributed by atoms with Crippen LogP contribution in [0.1, 0.15) is 22.3 Å². The molecule has 0 atom stereocenters. The lowest BCUT2D eigenvalue weighted by Crippen LogP contribution is -2.31. The molecule has 2 heteroatoms. The lowest BCUT2D eigenvalue weighted by molar-refractivity contribution is 0.746. The molecule has 0 N–H and O–H groups in total. The van der Waals surface area contributed by atoms with Crippen LogP contribution in [0.25, 0.3) is 66.1 Å². The molecule has 0 aliphatic carbocycles. The summed E-state index contributed by atoms with van der Waals surface area (Å²) in [4.78, 5) is 0. The van der Waals surface area contributed by atoms with Crippen LogP contribution in [0.3, 0.4) is 0 Å². The molecule has 0 fully saturated rings. The van der Waals surface area contributed by atoms with Crippen molar-refractivity contribution in [1.29, 1.82) is 0 Å². The SMILES string of the molecule is c1ccc(-c2cccc(C(c3ccccc3)(c3ccccc3)c3ccc4c(c3)c3cc(-n5c6ccccc6c6ccccc65)ccc3n4-c3ccccc3)c2)cc1. The zero-order chi connectivity index (χ0) is 37.8. The van der Waals surface area contributed by atoms with Gasteiger partial charge in [-0.25, -0.2) is 0 Å². The van der Waals surface area contributed by atoms with Gasteiger partial charge in [0.2, 0.25) is 0 Å². The molecule has 0 aliphatic heterocycles. The first-order valence-electron chi connectivity index (χ1n) is 19.7. The van der Waals surface area contributed by atoms with Crippen molar-refractivity contribution >= 4 is 43.6 Å². The van der Waals surface area contributed by atoms with Crippen LogP contribution in [0, 0.1) is 0 Å². The summed E-state index contributed by atoms with van der Waals surface area (Å²) >= 11 is 0. The van der Waals surface area contributed by atoms with Crippen LogP contribution in [0.5, 0.6) is 0 Å². The molecule has 2 nitrogen and oxygen atoms in total. The average Bonchev–Trinajstić information content (AvgIpc) is 3.80. The molecule has 0 radical (unpaired) electrons. The van der Waals surface area contributed by atoms with Crippen LogP contribution in [0.2, 0.25) is 0 Å². The molecular formula is C55H38N2. The first-order chi connectivity index (χ1) is 28.3. The Labute approximate surface area is 332 Å². The van der Waals surface area contributed by atoms with Crippen molar-refractivity contribution < 1.29 is 0 Å². The third-order valence-corrected chi connectivity index (χ3v) is 11.9. The highest BCUT2D eigenvalue weighted by Gasteiger charge is 2.39. The number of nitrogens with zero attached hydrogens (tertiary/aromatic N) is 2. The van der Waals surface area contributed by atoms with E-state index < -0.39 is 5.41 Å². The van der Waals surface area contributed by atoms with Crippen LogP contribution in [-0.2, 0) is 5.41 Å². The van der Waals surface area contributed by atoms with Gasteiger partial charge >= 0.3 is 0 Å². The number of para-hydroxylation sites is 3. The predicted molar refractivity (Wildman–Crippen MR) is 239 cm³/mol. The molecule has 2 aromatic heterocycles. The molecule has 0 aliphatic rings. The molecule has 0 saturated carbocycles. The molecule has 268 valence electrons. The van der Waals surface area contributed by atoms with Crippen LogP contribution >= 0.6 is 0 Å². The van der Waals surface area contributed by atoms with Crippen LogP contribution in [0.4, 0.5) is 0 Å². The second-order valence-corrected chi connectivity index (χ2v) is 14.9. The van der Waals surface area contributed by atoms with E-state index in [1.165, 1.54) is 77.0 Å². The minimum absolute atomic E-state index is 0.618. The average molecular weight is 727 g/mol. The lowest BCUT2D eigenvalue weighted by Gasteiger charge is -2.37. The largest absolute Gasteiger partial charge is 0.309 e. The van der Waals surface area contributed by atoms with Crippen molar-refractivity contribution in [3.63, 3.8) is 0 Å². The fraction of sp³-hybridized carbons (Fsp3) is 0.0182. The topological polar surface area (TPSA) is 9.86 Å². The van der Waals surface area contributed by atoms with E-state index in [1.807, 2.05) is 0 Å². The summed E-state index contributed by atoms with van der Waals surface area (Å²) in [5.41, 5.74) is 13.7. The van der Waals surface area contributed by atoms with Crippen molar-refractivity contribution in [3.05, 3.63) is 253 Å². The fourth-order valence-electron chi connectivity index (χ4n) is 9.38. The molecule has 0 spiro atoms. The van der Waals surface area contributed by atoms with Gasteiger partial charge in [0, 0.05) is 32.9 Å². The van der Waals surface area contributed by atoms with Gasteiger partial charge in [0.25, 0.3) is 0 Å². The highest BCUT2D eigenvalue weighted by atomic mass is 15.0. The molecule has 0 unspecified atom stereocenters. The van der Waals surface area contributed by atoms with E-state index in [-0.39, 0.29) is 0 Å². The second kappa shape index (κ2) is 13.4. The van der Waals surface area contributed by atoms with Gasteiger partial charge in [-0.1, -0.05) is 170 Å². The molecule has 11 aromatic rings. The summed E-state index contributed by atoms with van der Waals surface area (Å²) in [6.45, 7) is 0. The Balaban J connectivity index is 1.24. The molecule has 0 saturated heterocycles. The summed E-state index contributed by atoms with van der Waals surface area (Å²) < 4.78 is 4.85. The van der Waals surface area contributed by atoms with Crippen molar-refractivity contribution in [2.45, 2.75) is 5.41 Å². The number of rotatable bonds is 7. The molecule has 57 heavy (non-hydrogen) atoms. The van der Waals surface area contributed by atoms with E-state index >= 15 is 0 Å². The van der Waals surface area contributed by atoms with Crippen molar-refractivity contribution in [2.24, 2.45) is 0 Å².